The fourth-order valence-electron chi connectivity index (χ4n) is 9.16. The lowest BCUT2D eigenvalue weighted by atomic mass is 9.94. The SMILES string of the molecule is CC[C@H](C)[C@@H]1NC(=O)CNC(=O)[C@@H](NC(=O)[C@H](NC(=O)C2C[C@@H](O)CN2C(N)O)[C@@H](C)C(C)O[Si](C)(C)C(C)(C)C)Cc2c(n(CCCCNC(=O)OC(C)(C)C)c3cc(OC)ccc23)SC[C@@H](C(=O)NC)CNC(=O)CNC1=O. The third-order valence-electron chi connectivity index (χ3n) is 15.2. The van der Waals surface area contributed by atoms with Crippen molar-refractivity contribution in [2.24, 2.45) is 23.5 Å². The maximum atomic E-state index is 15.3. The Hall–Kier alpha value is -5.51. The number of carbonyl (C=O) groups is 8. The Bertz CT molecular complexity index is 2500. The molecule has 24 nitrogen and oxygen atoms in total. The molecule has 0 aliphatic carbocycles. The van der Waals surface area contributed by atoms with Gasteiger partial charge in [-0.05, 0) is 88.7 Å². The number of carbonyl (C=O) groups excluding carboxylic acids is 8. The minimum Gasteiger partial charge on any atom is -0.497 e. The van der Waals surface area contributed by atoms with Crippen molar-refractivity contribution in [3.8, 4) is 5.75 Å². The highest BCUT2D eigenvalue weighted by molar-refractivity contribution is 7.99. The Morgan fingerprint density at radius 2 is 1.61 bits per heavy atom. The average Bonchev–Trinajstić information content (AvgIpc) is 3.92. The Kier molecular flexibility index (Phi) is 24.7. The normalized spacial score (nSPS) is 22.5. The first kappa shape index (κ1) is 67.0. The summed E-state index contributed by atoms with van der Waals surface area (Å²) in [4.78, 5) is 113. The van der Waals surface area contributed by atoms with E-state index in [9.17, 15) is 43.8 Å². The van der Waals surface area contributed by atoms with Gasteiger partial charge in [-0.3, -0.25) is 44.2 Å². The number of benzene rings is 1. The van der Waals surface area contributed by atoms with Crippen LogP contribution >= 0.6 is 11.8 Å². The van der Waals surface area contributed by atoms with E-state index in [1.54, 1.807) is 47.6 Å². The second-order valence-corrected chi connectivity index (χ2v) is 29.2. The number of nitrogens with one attached hydrogen (secondary N) is 8. The summed E-state index contributed by atoms with van der Waals surface area (Å²) in [5.41, 5.74) is 6.38. The Labute approximate surface area is 476 Å². The Balaban J connectivity index is 1.93. The molecule has 1 fully saturated rings. The van der Waals surface area contributed by atoms with E-state index in [0.29, 0.717) is 53.0 Å². The van der Waals surface area contributed by atoms with Crippen LogP contribution in [0.5, 0.6) is 5.75 Å². The maximum Gasteiger partial charge on any atom is 0.407 e. The minimum atomic E-state index is -2.51. The molecule has 26 heteroatoms. The fraction of sp³-hybridized carbons (Fsp3) is 0.704. The van der Waals surface area contributed by atoms with E-state index >= 15 is 4.79 Å². The van der Waals surface area contributed by atoms with Gasteiger partial charge in [-0.15, -0.1) is 11.8 Å². The van der Waals surface area contributed by atoms with Crippen molar-refractivity contribution in [3.63, 3.8) is 0 Å². The summed E-state index contributed by atoms with van der Waals surface area (Å²) in [5.74, 6) is -6.04. The third kappa shape index (κ3) is 18.8. The number of aryl methyl sites for hydroxylation is 1. The molecule has 0 spiro atoms. The van der Waals surface area contributed by atoms with Crippen molar-refractivity contribution in [3.05, 3.63) is 23.8 Å². The number of nitrogens with two attached hydrogens (primary N) is 1. The molecule has 2 aromatic rings. The van der Waals surface area contributed by atoms with Gasteiger partial charge in [0.1, 0.15) is 29.5 Å². The lowest BCUT2D eigenvalue weighted by molar-refractivity contribution is -0.137. The van der Waals surface area contributed by atoms with Gasteiger partial charge in [0.25, 0.3) is 0 Å². The van der Waals surface area contributed by atoms with Gasteiger partial charge in [0.05, 0.1) is 48.8 Å². The number of fused-ring (bicyclic) bond motifs is 3. The third-order valence-corrected chi connectivity index (χ3v) is 21.1. The van der Waals surface area contributed by atoms with Crippen molar-refractivity contribution < 1.29 is 62.5 Å². The largest absolute Gasteiger partial charge is 0.497 e. The van der Waals surface area contributed by atoms with Gasteiger partial charge in [0.15, 0.2) is 14.7 Å². The number of β-amino-alcohol motifs (C(OH)–C–C–N with tert-alkyl or cyclic N) is 1. The summed E-state index contributed by atoms with van der Waals surface area (Å²) in [5, 5.41) is 44.1. The number of unbranched alkanes of at least 4 members (excludes halogenated alkanes) is 1. The van der Waals surface area contributed by atoms with Crippen LogP contribution in [0.1, 0.15) is 100 Å². The van der Waals surface area contributed by atoms with E-state index < -0.39 is 129 Å². The number of rotatable bonds is 18. The predicted molar refractivity (Wildman–Crippen MR) is 306 cm³/mol. The highest BCUT2D eigenvalue weighted by atomic mass is 32.2. The summed E-state index contributed by atoms with van der Waals surface area (Å²) < 4.78 is 19.9. The van der Waals surface area contributed by atoms with Crippen LogP contribution in [0.25, 0.3) is 10.9 Å². The molecule has 3 heterocycles. The van der Waals surface area contributed by atoms with Crippen LogP contribution < -0.4 is 53.0 Å². The summed E-state index contributed by atoms with van der Waals surface area (Å²) >= 11 is 1.28. The molecular weight excluding hydrogens is 1070 g/mol. The van der Waals surface area contributed by atoms with Gasteiger partial charge in [-0.25, -0.2) is 4.79 Å². The molecule has 80 heavy (non-hydrogen) atoms. The van der Waals surface area contributed by atoms with Gasteiger partial charge in [-0.2, -0.15) is 0 Å². The van der Waals surface area contributed by atoms with Gasteiger partial charge >= 0.3 is 6.09 Å². The van der Waals surface area contributed by atoms with Crippen molar-refractivity contribution in [2.75, 3.05) is 52.6 Å². The molecular formula is C54H91N11O13SSi. The number of hydrogen-bond donors (Lipinski definition) is 11. The van der Waals surface area contributed by atoms with Gasteiger partial charge < -0.3 is 71.2 Å². The van der Waals surface area contributed by atoms with Crippen molar-refractivity contribution in [1.29, 1.82) is 0 Å². The highest BCUT2D eigenvalue weighted by Gasteiger charge is 2.44. The molecule has 2 aliphatic rings. The molecule has 3 unspecified atom stereocenters. The van der Waals surface area contributed by atoms with Crippen LogP contribution in [0.2, 0.25) is 18.1 Å². The molecule has 450 valence electrons. The Morgan fingerprint density at radius 3 is 2.23 bits per heavy atom. The molecule has 8 amide bonds. The molecule has 0 bridgehead atoms. The second-order valence-electron chi connectivity index (χ2n) is 23.5. The minimum absolute atomic E-state index is 0.0891. The van der Waals surface area contributed by atoms with Crippen LogP contribution in [0, 0.1) is 17.8 Å². The topological polar surface area (TPSA) is 335 Å². The number of amides is 8. The fourth-order valence-corrected chi connectivity index (χ4v) is 12.0. The summed E-state index contributed by atoms with van der Waals surface area (Å²) in [6, 6.07) is 0.295. The van der Waals surface area contributed by atoms with Crippen molar-refractivity contribution in [1.82, 2.24) is 52.0 Å². The quantitative estimate of drug-likeness (QED) is 0.0573. The van der Waals surface area contributed by atoms with Crippen LogP contribution in [0.15, 0.2) is 23.2 Å². The lowest BCUT2D eigenvalue weighted by Crippen LogP contribution is -2.61. The second kappa shape index (κ2) is 29.5. The van der Waals surface area contributed by atoms with Crippen LogP contribution in [0.3, 0.4) is 0 Å². The number of ether oxygens (including phenoxy) is 2. The van der Waals surface area contributed by atoms with E-state index in [0.717, 1.165) is 0 Å². The summed E-state index contributed by atoms with van der Waals surface area (Å²) in [6.45, 7) is 22.1. The van der Waals surface area contributed by atoms with E-state index in [2.05, 4.69) is 76.4 Å². The molecule has 1 aromatic carbocycles. The van der Waals surface area contributed by atoms with Gasteiger partial charge in [-0.1, -0.05) is 48.0 Å². The molecule has 2 aliphatic heterocycles. The lowest BCUT2D eigenvalue weighted by Gasteiger charge is -2.41. The molecule has 4 rings (SSSR count). The van der Waals surface area contributed by atoms with Gasteiger partial charge in [0.2, 0.25) is 41.4 Å². The smallest absolute Gasteiger partial charge is 0.407 e. The predicted octanol–water partition coefficient (Wildman–Crippen LogP) is 1.53. The zero-order valence-corrected chi connectivity index (χ0v) is 51.1. The van der Waals surface area contributed by atoms with Crippen LogP contribution in [0.4, 0.5) is 4.79 Å². The molecule has 0 saturated carbocycles. The number of thioether (sulfide) groups is 1. The number of aliphatic hydroxyl groups is 2. The monoisotopic (exact) mass is 1160 g/mol. The van der Waals surface area contributed by atoms with Crippen LogP contribution in [-0.2, 0) is 55.7 Å². The number of aliphatic hydroxyl groups excluding tert-OH is 2. The number of methoxy groups -OCH3 is 1. The number of alkyl carbamates (subject to hydrolysis) is 1. The number of aromatic nitrogens is 1. The first-order chi connectivity index (χ1) is 37.3. The molecule has 0 radical (unpaired) electrons. The molecule has 10 atom stereocenters. The van der Waals surface area contributed by atoms with E-state index in [-0.39, 0.29) is 49.2 Å². The molecule has 1 saturated heterocycles. The average molecular weight is 1160 g/mol. The molecule has 1 aromatic heterocycles. The van der Waals surface area contributed by atoms with Crippen molar-refractivity contribution >= 4 is 78.4 Å². The number of likely N-dealkylation sites (tertiary alicyclic amines) is 1. The summed E-state index contributed by atoms with van der Waals surface area (Å²) in [6.07, 6.45) is -2.63. The van der Waals surface area contributed by atoms with E-state index in [4.69, 9.17) is 19.6 Å². The summed E-state index contributed by atoms with van der Waals surface area (Å²) in [7, 11) is 0.492. The van der Waals surface area contributed by atoms with Gasteiger partial charge in [0, 0.05) is 68.9 Å². The van der Waals surface area contributed by atoms with E-state index in [1.807, 2.05) is 23.6 Å². The maximum absolute atomic E-state index is 15.3. The first-order valence-electron chi connectivity index (χ1n) is 27.6. The number of nitrogens with zero attached hydrogens (tertiary/aromatic N) is 2. The zero-order valence-electron chi connectivity index (χ0n) is 49.3. The van der Waals surface area contributed by atoms with Crippen LogP contribution in [-0.4, -0.2) is 176 Å². The van der Waals surface area contributed by atoms with Crippen molar-refractivity contribution in [2.45, 2.75) is 179 Å². The standard InChI is InChI=1S/C54H91N11O13SSi/c1-15-30(2)43-48(72)60-26-41(67)58-25-33(45(69)56-11)29-79-50-37(36-19-18-35(76-12)23-39(36)64(50)21-17-16-20-57-52(75)77-53(5,6)7)24-38(46(70)59-27-42(68)62-43)61-49(73)44(31(3)32(4)78-80(13,14)54(8,9)10)63-47(71)40-22-34(66)28-65(40)51(55)74/h18-19,23,30-34,38,40,43-44,51,66,74H,15-17,20-22,24-29,55H2,1-14H3,(H,56,69)(H,57,75)(H,58,67)(H,59,70)(H,60,72)(H,61,73)(H,62,68)(H,63,71)/t30-,31-,32?,33-,34+,38-,40?,43-,44+,51?/m0/s1. The van der Waals surface area contributed by atoms with E-state index in [1.165, 1.54) is 30.8 Å². The first-order valence-corrected chi connectivity index (χ1v) is 31.5. The Morgan fingerprint density at radius 1 is 0.950 bits per heavy atom. The highest BCUT2D eigenvalue weighted by Crippen LogP contribution is 2.39. The number of hydrogen-bond acceptors (Lipinski definition) is 16. The molecule has 12 N–H and O–H groups in total. The zero-order chi connectivity index (χ0) is 60.0.